The third-order valence-corrected chi connectivity index (χ3v) is 5.17. The SMILES string of the molecule is CCCC1CN(CCSCC)C(Cc2ccccc2)CN1. The van der Waals surface area contributed by atoms with E-state index in [1.54, 1.807) is 0 Å². The van der Waals surface area contributed by atoms with Crippen molar-refractivity contribution in [3.8, 4) is 0 Å². The van der Waals surface area contributed by atoms with Gasteiger partial charge in [-0.3, -0.25) is 4.90 Å². The van der Waals surface area contributed by atoms with Crippen LogP contribution in [0.3, 0.4) is 0 Å². The summed E-state index contributed by atoms with van der Waals surface area (Å²) < 4.78 is 0. The molecule has 0 amide bonds. The van der Waals surface area contributed by atoms with Crippen LogP contribution in [0.4, 0.5) is 0 Å². The van der Waals surface area contributed by atoms with E-state index >= 15 is 0 Å². The number of piperazine rings is 1. The second-order valence-corrected chi connectivity index (χ2v) is 7.32. The van der Waals surface area contributed by atoms with Crippen LogP contribution in [0.1, 0.15) is 32.3 Å². The number of hydrogen-bond acceptors (Lipinski definition) is 3. The zero-order valence-corrected chi connectivity index (χ0v) is 14.4. The van der Waals surface area contributed by atoms with Crippen molar-refractivity contribution in [2.75, 3.05) is 31.1 Å². The molecule has 0 spiro atoms. The molecule has 2 atom stereocenters. The van der Waals surface area contributed by atoms with Gasteiger partial charge in [0.15, 0.2) is 0 Å². The van der Waals surface area contributed by atoms with E-state index in [1.165, 1.54) is 49.4 Å². The molecule has 1 aliphatic rings. The van der Waals surface area contributed by atoms with Gasteiger partial charge in [0.05, 0.1) is 0 Å². The van der Waals surface area contributed by atoms with Gasteiger partial charge in [-0.15, -0.1) is 0 Å². The fourth-order valence-corrected chi connectivity index (χ4v) is 3.81. The average Bonchev–Trinajstić information content (AvgIpc) is 2.51. The smallest absolute Gasteiger partial charge is 0.0262 e. The molecule has 1 aromatic rings. The van der Waals surface area contributed by atoms with Gasteiger partial charge >= 0.3 is 0 Å². The molecule has 1 fully saturated rings. The van der Waals surface area contributed by atoms with Crippen molar-refractivity contribution in [1.29, 1.82) is 0 Å². The molecule has 1 N–H and O–H groups in total. The first kappa shape index (κ1) is 16.9. The molecule has 2 rings (SSSR count). The molecular formula is C18H30N2S. The Morgan fingerprint density at radius 1 is 1.24 bits per heavy atom. The molecule has 0 aliphatic carbocycles. The Labute approximate surface area is 134 Å². The largest absolute Gasteiger partial charge is 0.311 e. The van der Waals surface area contributed by atoms with Gasteiger partial charge in [-0.25, -0.2) is 0 Å². The van der Waals surface area contributed by atoms with Gasteiger partial charge in [0.25, 0.3) is 0 Å². The lowest BCUT2D eigenvalue weighted by atomic mass is 9.99. The van der Waals surface area contributed by atoms with E-state index in [1.807, 2.05) is 0 Å². The molecule has 2 nitrogen and oxygen atoms in total. The normalized spacial score (nSPS) is 23.3. The lowest BCUT2D eigenvalue weighted by molar-refractivity contribution is 0.134. The third-order valence-electron chi connectivity index (χ3n) is 4.29. The first-order valence-electron chi connectivity index (χ1n) is 8.42. The molecule has 0 bridgehead atoms. The summed E-state index contributed by atoms with van der Waals surface area (Å²) in [6.45, 7) is 8.13. The number of hydrogen-bond donors (Lipinski definition) is 1. The Morgan fingerprint density at radius 2 is 2.05 bits per heavy atom. The topological polar surface area (TPSA) is 15.3 Å². The van der Waals surface area contributed by atoms with Crippen molar-refractivity contribution in [3.05, 3.63) is 35.9 Å². The summed E-state index contributed by atoms with van der Waals surface area (Å²) in [4.78, 5) is 2.73. The monoisotopic (exact) mass is 306 g/mol. The molecule has 1 saturated heterocycles. The summed E-state index contributed by atoms with van der Waals surface area (Å²) in [5, 5.41) is 3.76. The standard InChI is InChI=1S/C18H30N2S/c1-3-8-17-15-20(11-12-21-4-2)18(14-19-17)13-16-9-6-5-7-10-16/h5-7,9-10,17-19H,3-4,8,11-15H2,1-2H3. The summed E-state index contributed by atoms with van der Waals surface area (Å²) in [5.74, 6) is 2.49. The molecule has 2 unspecified atom stereocenters. The maximum Gasteiger partial charge on any atom is 0.0262 e. The van der Waals surface area contributed by atoms with Crippen LogP contribution in [0.5, 0.6) is 0 Å². The van der Waals surface area contributed by atoms with E-state index in [0.29, 0.717) is 12.1 Å². The second kappa shape index (κ2) is 9.50. The zero-order valence-electron chi connectivity index (χ0n) is 13.6. The van der Waals surface area contributed by atoms with Crippen molar-refractivity contribution in [3.63, 3.8) is 0 Å². The fraction of sp³-hybridized carbons (Fsp3) is 0.667. The minimum atomic E-state index is 0.651. The quantitative estimate of drug-likeness (QED) is 0.741. The first-order chi connectivity index (χ1) is 10.3. The number of rotatable bonds is 8. The van der Waals surface area contributed by atoms with Gasteiger partial charge in [-0.05, 0) is 24.2 Å². The van der Waals surface area contributed by atoms with Crippen molar-refractivity contribution in [2.24, 2.45) is 0 Å². The van der Waals surface area contributed by atoms with Crippen LogP contribution >= 0.6 is 11.8 Å². The zero-order chi connectivity index (χ0) is 14.9. The number of benzene rings is 1. The van der Waals surface area contributed by atoms with E-state index < -0.39 is 0 Å². The molecule has 21 heavy (non-hydrogen) atoms. The molecule has 0 saturated carbocycles. The molecule has 0 radical (unpaired) electrons. The molecule has 118 valence electrons. The molecule has 0 aromatic heterocycles. The highest BCUT2D eigenvalue weighted by atomic mass is 32.2. The maximum absolute atomic E-state index is 3.76. The van der Waals surface area contributed by atoms with Crippen LogP contribution in [-0.4, -0.2) is 48.1 Å². The lowest BCUT2D eigenvalue weighted by Crippen LogP contribution is -2.57. The maximum atomic E-state index is 3.76. The highest BCUT2D eigenvalue weighted by Crippen LogP contribution is 2.16. The Bertz CT molecular complexity index is 382. The van der Waals surface area contributed by atoms with Crippen molar-refractivity contribution < 1.29 is 0 Å². The van der Waals surface area contributed by atoms with Crippen LogP contribution in [0, 0.1) is 0 Å². The van der Waals surface area contributed by atoms with Crippen LogP contribution < -0.4 is 5.32 Å². The molecule has 1 aliphatic heterocycles. The Hall–Kier alpha value is -0.510. The van der Waals surface area contributed by atoms with Crippen LogP contribution in [0.15, 0.2) is 30.3 Å². The summed E-state index contributed by atoms with van der Waals surface area (Å²) in [5.41, 5.74) is 1.46. The summed E-state index contributed by atoms with van der Waals surface area (Å²) in [6.07, 6.45) is 3.75. The van der Waals surface area contributed by atoms with Gasteiger partial charge in [-0.1, -0.05) is 50.6 Å². The minimum Gasteiger partial charge on any atom is -0.311 e. The average molecular weight is 307 g/mol. The molecule has 1 aromatic carbocycles. The Morgan fingerprint density at radius 3 is 2.76 bits per heavy atom. The number of nitrogens with zero attached hydrogens (tertiary/aromatic N) is 1. The summed E-state index contributed by atoms with van der Waals surface area (Å²) >= 11 is 2.06. The van der Waals surface area contributed by atoms with Gasteiger partial charge in [0.1, 0.15) is 0 Å². The summed E-state index contributed by atoms with van der Waals surface area (Å²) in [7, 11) is 0. The van der Waals surface area contributed by atoms with Gasteiger partial charge in [0.2, 0.25) is 0 Å². The summed E-state index contributed by atoms with van der Waals surface area (Å²) in [6, 6.07) is 12.3. The van der Waals surface area contributed by atoms with Crippen LogP contribution in [0.2, 0.25) is 0 Å². The first-order valence-corrected chi connectivity index (χ1v) is 9.58. The van der Waals surface area contributed by atoms with Gasteiger partial charge < -0.3 is 5.32 Å². The molecular weight excluding hydrogens is 276 g/mol. The van der Waals surface area contributed by atoms with Crippen molar-refractivity contribution in [2.45, 2.75) is 45.2 Å². The van der Waals surface area contributed by atoms with E-state index in [9.17, 15) is 0 Å². The lowest BCUT2D eigenvalue weighted by Gasteiger charge is -2.40. The second-order valence-electron chi connectivity index (χ2n) is 5.93. The molecule has 3 heteroatoms. The Balaban J connectivity index is 1.92. The van der Waals surface area contributed by atoms with Gasteiger partial charge in [0, 0.05) is 37.5 Å². The molecule has 1 heterocycles. The van der Waals surface area contributed by atoms with Crippen LogP contribution in [0.25, 0.3) is 0 Å². The van der Waals surface area contributed by atoms with Crippen molar-refractivity contribution >= 4 is 11.8 Å². The number of thioether (sulfide) groups is 1. The van der Waals surface area contributed by atoms with E-state index in [2.05, 4.69) is 66.2 Å². The predicted octanol–water partition coefficient (Wildman–Crippen LogP) is 3.42. The highest BCUT2D eigenvalue weighted by molar-refractivity contribution is 7.99. The van der Waals surface area contributed by atoms with Gasteiger partial charge in [-0.2, -0.15) is 11.8 Å². The minimum absolute atomic E-state index is 0.651. The fourth-order valence-electron chi connectivity index (χ4n) is 3.16. The van der Waals surface area contributed by atoms with Crippen LogP contribution in [-0.2, 0) is 6.42 Å². The Kier molecular flexibility index (Phi) is 7.62. The third kappa shape index (κ3) is 5.65. The number of nitrogens with one attached hydrogen (secondary N) is 1. The van der Waals surface area contributed by atoms with E-state index in [4.69, 9.17) is 0 Å². The van der Waals surface area contributed by atoms with E-state index in [-0.39, 0.29) is 0 Å². The highest BCUT2D eigenvalue weighted by Gasteiger charge is 2.26. The van der Waals surface area contributed by atoms with E-state index in [0.717, 1.165) is 6.54 Å². The predicted molar refractivity (Wildman–Crippen MR) is 95.2 cm³/mol. The van der Waals surface area contributed by atoms with Crippen molar-refractivity contribution in [1.82, 2.24) is 10.2 Å².